The van der Waals surface area contributed by atoms with Crippen molar-refractivity contribution in [2.24, 2.45) is 5.10 Å². The largest absolute Gasteiger partial charge is 0.301 e. The summed E-state index contributed by atoms with van der Waals surface area (Å²) in [5, 5.41) is 29.6. The first kappa shape index (κ1) is 19.5. The first-order valence-corrected chi connectivity index (χ1v) is 9.42. The number of anilines is 1. The molecule has 0 bridgehead atoms. The van der Waals surface area contributed by atoms with Gasteiger partial charge in [-0.3, -0.25) is 25.2 Å². The molecule has 9 heteroatoms. The van der Waals surface area contributed by atoms with Crippen molar-refractivity contribution in [2.45, 2.75) is 12.5 Å². The Labute approximate surface area is 176 Å². The van der Waals surface area contributed by atoms with Gasteiger partial charge < -0.3 is 0 Å². The number of hydrogen-bond donors (Lipinski definition) is 0. The number of benzene rings is 3. The van der Waals surface area contributed by atoms with Crippen LogP contribution in [0.2, 0.25) is 5.02 Å². The van der Waals surface area contributed by atoms with Crippen LogP contribution in [-0.2, 0) is 0 Å². The molecule has 150 valence electrons. The van der Waals surface area contributed by atoms with Crippen molar-refractivity contribution in [1.82, 2.24) is 0 Å². The van der Waals surface area contributed by atoms with Crippen LogP contribution in [0.25, 0.3) is 0 Å². The third-order valence-corrected chi connectivity index (χ3v) is 5.14. The number of non-ortho nitro benzene ring substituents is 1. The first-order chi connectivity index (χ1) is 14.4. The van der Waals surface area contributed by atoms with E-state index in [-0.39, 0.29) is 23.1 Å². The van der Waals surface area contributed by atoms with Crippen LogP contribution in [0, 0.1) is 20.2 Å². The van der Waals surface area contributed by atoms with E-state index in [1.807, 2.05) is 42.5 Å². The van der Waals surface area contributed by atoms with Gasteiger partial charge in [0, 0.05) is 17.5 Å². The Hall–Kier alpha value is -3.78. The number of hydrogen-bond acceptors (Lipinski definition) is 6. The number of nitro groups is 2. The van der Waals surface area contributed by atoms with Crippen molar-refractivity contribution in [2.75, 3.05) is 5.01 Å². The maximum Gasteiger partial charge on any atom is 0.301 e. The average Bonchev–Trinajstić information content (AvgIpc) is 3.19. The standard InChI is InChI=1S/C21H15ClN4O4/c22-16-8-6-14(7-9-16)18-13-20(15-4-2-1-3-5-15)24(23-18)19-11-10-17(25(27)28)12-21(19)26(29)30/h1-12,20H,13H2. The summed E-state index contributed by atoms with van der Waals surface area (Å²) in [6, 6.07) is 20.0. The summed E-state index contributed by atoms with van der Waals surface area (Å²) in [6.07, 6.45) is 0.514. The first-order valence-electron chi connectivity index (χ1n) is 9.04. The summed E-state index contributed by atoms with van der Waals surface area (Å²) in [4.78, 5) is 21.5. The van der Waals surface area contributed by atoms with Crippen LogP contribution in [0.3, 0.4) is 0 Å². The average molecular weight is 423 g/mol. The molecule has 30 heavy (non-hydrogen) atoms. The molecule has 0 N–H and O–H groups in total. The number of halogens is 1. The van der Waals surface area contributed by atoms with E-state index in [1.54, 1.807) is 17.1 Å². The molecule has 1 aliphatic rings. The molecule has 8 nitrogen and oxygen atoms in total. The van der Waals surface area contributed by atoms with Crippen LogP contribution in [0.4, 0.5) is 17.1 Å². The molecule has 1 aliphatic heterocycles. The minimum Gasteiger partial charge on any atom is -0.258 e. The van der Waals surface area contributed by atoms with Crippen molar-refractivity contribution >= 4 is 34.4 Å². The van der Waals surface area contributed by atoms with Crippen molar-refractivity contribution < 1.29 is 9.85 Å². The molecule has 1 heterocycles. The third-order valence-electron chi connectivity index (χ3n) is 4.89. The fraction of sp³-hybridized carbons (Fsp3) is 0.0952. The van der Waals surface area contributed by atoms with Gasteiger partial charge in [0.15, 0.2) is 0 Å². The van der Waals surface area contributed by atoms with Gasteiger partial charge in [-0.1, -0.05) is 54.1 Å². The molecule has 0 saturated carbocycles. The summed E-state index contributed by atoms with van der Waals surface area (Å²) in [5.74, 6) is 0. The minimum atomic E-state index is -0.655. The maximum absolute atomic E-state index is 11.7. The molecule has 1 unspecified atom stereocenters. The van der Waals surface area contributed by atoms with E-state index in [0.29, 0.717) is 11.4 Å². The van der Waals surface area contributed by atoms with Gasteiger partial charge in [-0.2, -0.15) is 5.10 Å². The molecule has 3 aromatic rings. The van der Waals surface area contributed by atoms with Crippen LogP contribution < -0.4 is 5.01 Å². The molecule has 0 amide bonds. The predicted octanol–water partition coefficient (Wildman–Crippen LogP) is 5.51. The molecular formula is C21H15ClN4O4. The van der Waals surface area contributed by atoms with E-state index in [4.69, 9.17) is 11.6 Å². The number of nitro benzene ring substituents is 2. The second-order valence-corrected chi connectivity index (χ2v) is 7.15. The van der Waals surface area contributed by atoms with Gasteiger partial charge in [-0.05, 0) is 29.3 Å². The molecular weight excluding hydrogens is 408 g/mol. The highest BCUT2D eigenvalue weighted by Gasteiger charge is 2.34. The van der Waals surface area contributed by atoms with E-state index in [1.165, 1.54) is 12.1 Å². The van der Waals surface area contributed by atoms with Gasteiger partial charge in [-0.15, -0.1) is 0 Å². The highest BCUT2D eigenvalue weighted by atomic mass is 35.5. The Balaban J connectivity index is 1.84. The number of nitrogens with zero attached hydrogens (tertiary/aromatic N) is 4. The zero-order valence-electron chi connectivity index (χ0n) is 15.5. The number of hydrazone groups is 1. The molecule has 0 spiro atoms. The lowest BCUT2D eigenvalue weighted by Crippen LogP contribution is -2.19. The van der Waals surface area contributed by atoms with E-state index in [9.17, 15) is 20.2 Å². The second kappa shape index (κ2) is 7.92. The van der Waals surface area contributed by atoms with Gasteiger partial charge in [0.1, 0.15) is 5.69 Å². The lowest BCUT2D eigenvalue weighted by Gasteiger charge is -2.23. The Morgan fingerprint density at radius 2 is 1.63 bits per heavy atom. The minimum absolute atomic E-state index is 0.198. The highest BCUT2D eigenvalue weighted by molar-refractivity contribution is 6.30. The van der Waals surface area contributed by atoms with E-state index >= 15 is 0 Å². The molecule has 4 rings (SSSR count). The third kappa shape index (κ3) is 3.72. The van der Waals surface area contributed by atoms with Crippen molar-refractivity contribution in [1.29, 1.82) is 0 Å². The van der Waals surface area contributed by atoms with Crippen LogP contribution in [0.1, 0.15) is 23.6 Å². The van der Waals surface area contributed by atoms with Crippen LogP contribution in [0.15, 0.2) is 77.9 Å². The van der Waals surface area contributed by atoms with Gasteiger partial charge in [0.2, 0.25) is 0 Å². The van der Waals surface area contributed by atoms with Gasteiger partial charge in [-0.25, -0.2) is 0 Å². The van der Waals surface area contributed by atoms with E-state index in [2.05, 4.69) is 5.10 Å². The Morgan fingerprint density at radius 3 is 2.27 bits per heavy atom. The zero-order valence-corrected chi connectivity index (χ0v) is 16.3. The predicted molar refractivity (Wildman–Crippen MR) is 114 cm³/mol. The fourth-order valence-electron chi connectivity index (χ4n) is 3.45. The van der Waals surface area contributed by atoms with Crippen molar-refractivity contribution in [3.05, 3.63) is 109 Å². The molecule has 0 aliphatic carbocycles. The van der Waals surface area contributed by atoms with Gasteiger partial charge in [0.05, 0.1) is 27.7 Å². The van der Waals surface area contributed by atoms with Gasteiger partial charge >= 0.3 is 5.69 Å². The maximum atomic E-state index is 11.7. The second-order valence-electron chi connectivity index (χ2n) is 6.72. The number of rotatable bonds is 5. The summed E-state index contributed by atoms with van der Waals surface area (Å²) < 4.78 is 0. The lowest BCUT2D eigenvalue weighted by atomic mass is 9.98. The van der Waals surface area contributed by atoms with E-state index in [0.717, 1.165) is 22.9 Å². The summed E-state index contributed by atoms with van der Waals surface area (Å²) in [6.45, 7) is 0. The van der Waals surface area contributed by atoms with Crippen LogP contribution >= 0.6 is 11.6 Å². The van der Waals surface area contributed by atoms with Crippen LogP contribution in [0.5, 0.6) is 0 Å². The fourth-order valence-corrected chi connectivity index (χ4v) is 3.58. The lowest BCUT2D eigenvalue weighted by molar-refractivity contribution is -0.393. The van der Waals surface area contributed by atoms with Crippen molar-refractivity contribution in [3.8, 4) is 0 Å². The SMILES string of the molecule is O=[N+]([O-])c1ccc(N2N=C(c3ccc(Cl)cc3)CC2c2ccccc2)c([N+](=O)[O-])c1. The smallest absolute Gasteiger partial charge is 0.258 e. The van der Waals surface area contributed by atoms with E-state index < -0.39 is 9.85 Å². The molecule has 0 aromatic heterocycles. The molecule has 0 saturated heterocycles. The van der Waals surface area contributed by atoms with Gasteiger partial charge in [0.25, 0.3) is 5.69 Å². The molecule has 1 atom stereocenters. The van der Waals surface area contributed by atoms with Crippen molar-refractivity contribution in [3.63, 3.8) is 0 Å². The molecule has 0 fully saturated rings. The summed E-state index contributed by atoms with van der Waals surface area (Å²) >= 11 is 5.98. The highest BCUT2D eigenvalue weighted by Crippen LogP contribution is 2.42. The monoisotopic (exact) mass is 422 g/mol. The summed E-state index contributed by atoms with van der Waals surface area (Å²) in [7, 11) is 0. The quantitative estimate of drug-likeness (QED) is 0.398. The Morgan fingerprint density at radius 1 is 0.933 bits per heavy atom. The molecule has 0 radical (unpaired) electrons. The Kier molecular flexibility index (Phi) is 5.16. The topological polar surface area (TPSA) is 102 Å². The zero-order chi connectivity index (χ0) is 21.3. The normalized spacial score (nSPS) is 15.7. The molecule has 3 aromatic carbocycles. The van der Waals surface area contributed by atoms with Crippen LogP contribution in [-0.4, -0.2) is 15.6 Å². The summed E-state index contributed by atoms with van der Waals surface area (Å²) in [5.41, 5.74) is 2.01. The Bertz CT molecular complexity index is 1150.